The molecule has 0 spiro atoms. The summed E-state index contributed by atoms with van der Waals surface area (Å²) in [5, 5.41) is 12.9. The Morgan fingerprint density at radius 1 is 1.10 bits per heavy atom. The maximum Gasteiger partial charge on any atom is 0.251 e. The number of amides is 1. The van der Waals surface area contributed by atoms with Crippen molar-refractivity contribution < 1.29 is 32.6 Å². The van der Waals surface area contributed by atoms with Gasteiger partial charge in [0.15, 0.2) is 12.2 Å². The average Bonchev–Trinajstić information content (AvgIpc) is 2.91. The Labute approximate surface area is 237 Å². The lowest BCUT2D eigenvalue weighted by Gasteiger charge is -2.27. The molecular weight excluding hydrogens is 540 g/mol. The van der Waals surface area contributed by atoms with E-state index in [-0.39, 0.29) is 49.8 Å². The van der Waals surface area contributed by atoms with E-state index in [9.17, 15) is 18.7 Å². The van der Waals surface area contributed by atoms with Crippen LogP contribution < -0.4 is 15.4 Å². The first kappa shape index (κ1) is 31.5. The topological polar surface area (TPSA) is 106 Å². The second-order valence-corrected chi connectivity index (χ2v) is 10.6. The first-order valence-electron chi connectivity index (χ1n) is 12.6. The van der Waals surface area contributed by atoms with Crippen molar-refractivity contribution in [3.8, 4) is 0 Å². The van der Waals surface area contributed by atoms with Gasteiger partial charge >= 0.3 is 0 Å². The Kier molecular flexibility index (Phi) is 11.4. The molecule has 0 aromatic heterocycles. The number of anilines is 1. The molecule has 0 saturated carbocycles. The Balaban J connectivity index is 1.75. The predicted octanol–water partition coefficient (Wildman–Crippen LogP) is 4.79. The van der Waals surface area contributed by atoms with Crippen LogP contribution in [0.2, 0.25) is 0 Å². The summed E-state index contributed by atoms with van der Waals surface area (Å²) in [6.45, 7) is 3.30. The lowest BCUT2D eigenvalue weighted by atomic mass is 9.92. The molecule has 3 aromatic carbocycles. The van der Waals surface area contributed by atoms with E-state index in [2.05, 4.69) is 10.2 Å². The number of halogens is 2. The molecular formula is C29H35F2N3O5S. The van der Waals surface area contributed by atoms with Crippen LogP contribution in [0.3, 0.4) is 0 Å². The lowest BCUT2D eigenvalue weighted by molar-refractivity contribution is -0.160. The third-order valence-electron chi connectivity index (χ3n) is 6.16. The number of hydrogen-bond acceptors (Lipinski definition) is 8. The van der Waals surface area contributed by atoms with E-state index >= 15 is 0 Å². The van der Waals surface area contributed by atoms with Crippen LogP contribution >= 0.6 is 12.2 Å². The van der Waals surface area contributed by atoms with E-state index in [1.54, 1.807) is 42.5 Å². The fourth-order valence-corrected chi connectivity index (χ4v) is 4.49. The molecule has 0 saturated heterocycles. The van der Waals surface area contributed by atoms with E-state index in [0.29, 0.717) is 22.4 Å². The van der Waals surface area contributed by atoms with Gasteiger partial charge < -0.3 is 20.9 Å². The van der Waals surface area contributed by atoms with Gasteiger partial charge in [0, 0.05) is 18.3 Å². The molecule has 1 unspecified atom stereocenters. The summed E-state index contributed by atoms with van der Waals surface area (Å²) in [4.78, 5) is 17.8. The maximum atomic E-state index is 13.9. The summed E-state index contributed by atoms with van der Waals surface area (Å²) in [6.07, 6.45) is 0.213. The Bertz CT molecular complexity index is 1260. The van der Waals surface area contributed by atoms with E-state index in [1.165, 1.54) is 31.4 Å². The molecule has 1 amide bonds. The fourth-order valence-electron chi connectivity index (χ4n) is 4.15. The number of hydrogen-bond donors (Lipinski definition) is 3. The summed E-state index contributed by atoms with van der Waals surface area (Å²) < 4.78 is 39.7. The Morgan fingerprint density at radius 2 is 1.82 bits per heavy atom. The largest absolute Gasteiger partial charge is 0.394 e. The highest BCUT2D eigenvalue weighted by atomic mass is 32.2. The normalized spacial score (nSPS) is 13.5. The molecule has 216 valence electrons. The molecule has 0 bridgehead atoms. The number of rotatable bonds is 14. The van der Waals surface area contributed by atoms with Crippen LogP contribution in [-0.4, -0.2) is 43.9 Å². The van der Waals surface area contributed by atoms with Gasteiger partial charge in [-0.15, -0.1) is 4.33 Å². The minimum atomic E-state index is -1.14. The number of aryl methyl sites for hydroxylation is 1. The lowest BCUT2D eigenvalue weighted by Crippen LogP contribution is -2.50. The molecule has 40 heavy (non-hydrogen) atoms. The summed E-state index contributed by atoms with van der Waals surface area (Å²) >= 11 is 0.925. The van der Waals surface area contributed by atoms with Crippen molar-refractivity contribution in [2.75, 3.05) is 31.7 Å². The number of carbonyl (C=O) groups is 1. The first-order chi connectivity index (χ1) is 19.0. The van der Waals surface area contributed by atoms with Crippen LogP contribution in [0.5, 0.6) is 0 Å². The van der Waals surface area contributed by atoms with Crippen LogP contribution in [0, 0.1) is 18.6 Å². The fraction of sp³-hybridized carbons (Fsp3) is 0.345. The number of carbonyl (C=O) groups excluding carboxylic acids is 1. The highest BCUT2D eigenvalue weighted by Gasteiger charge is 2.26. The zero-order chi connectivity index (χ0) is 29.3. The Morgan fingerprint density at radius 3 is 2.48 bits per heavy atom. The van der Waals surface area contributed by atoms with E-state index < -0.39 is 5.54 Å². The van der Waals surface area contributed by atoms with Gasteiger partial charge in [-0.3, -0.25) is 9.10 Å². The molecule has 0 radical (unpaired) electrons. The number of nitrogens with zero attached hydrogens (tertiary/aromatic N) is 1. The van der Waals surface area contributed by atoms with Crippen LogP contribution in [0.4, 0.5) is 14.5 Å². The smallest absolute Gasteiger partial charge is 0.251 e. The van der Waals surface area contributed by atoms with Crippen molar-refractivity contribution in [3.05, 3.63) is 100 Å². The van der Waals surface area contributed by atoms with Gasteiger partial charge in [0.25, 0.3) is 5.91 Å². The third kappa shape index (κ3) is 9.26. The molecule has 2 atom stereocenters. The Hall–Kier alpha value is -3.06. The molecule has 0 aliphatic carbocycles. The molecule has 0 aliphatic heterocycles. The number of benzene rings is 3. The van der Waals surface area contributed by atoms with Crippen LogP contribution in [-0.2, 0) is 27.0 Å². The number of ether oxygens (including phenoxy) is 1. The molecule has 3 rings (SSSR count). The summed E-state index contributed by atoms with van der Waals surface area (Å²) in [7, 11) is 3.12. The molecule has 3 aromatic rings. The maximum absolute atomic E-state index is 13.9. The predicted molar refractivity (Wildman–Crippen MR) is 151 cm³/mol. The van der Waals surface area contributed by atoms with E-state index in [0.717, 1.165) is 23.4 Å². The number of nitrogens with one attached hydrogen (secondary N) is 1. The van der Waals surface area contributed by atoms with Crippen molar-refractivity contribution in [3.63, 3.8) is 0 Å². The van der Waals surface area contributed by atoms with E-state index in [1.807, 2.05) is 19.1 Å². The highest BCUT2D eigenvalue weighted by Crippen LogP contribution is 2.26. The SMILES string of the molecule is COOSN(C)c1cc(COCC(N)(CO)Cc2cc(C)cc(F)c2)cc(C(=O)N[C@H](C)c2ccc(F)cc2)c1. The quantitative estimate of drug-likeness (QED) is 0.109. The van der Waals surface area contributed by atoms with E-state index in [4.69, 9.17) is 14.8 Å². The average molecular weight is 576 g/mol. The zero-order valence-electron chi connectivity index (χ0n) is 22.9. The van der Waals surface area contributed by atoms with Gasteiger partial charge in [-0.2, -0.15) is 0 Å². The van der Waals surface area contributed by atoms with Crippen molar-refractivity contribution in [2.24, 2.45) is 5.73 Å². The standard InChI is InChI=1S/C29H35F2N3O5S/c1-19-9-21(12-26(31)10-19)15-29(32,17-35)18-38-16-22-11-24(14-27(13-22)34(3)40-39-37-4)28(36)33-20(2)23-5-7-25(30)8-6-23/h5-14,20,35H,15-18,32H2,1-4H3,(H,33,36)/t20-,29?/m1/s1. The minimum absolute atomic E-state index is 0.0101. The minimum Gasteiger partial charge on any atom is -0.394 e. The second-order valence-electron chi connectivity index (χ2n) is 9.77. The summed E-state index contributed by atoms with van der Waals surface area (Å²) in [6, 6.07) is 15.4. The van der Waals surface area contributed by atoms with Gasteiger partial charge in [-0.1, -0.05) is 18.2 Å². The van der Waals surface area contributed by atoms with Gasteiger partial charge in [0.05, 0.1) is 38.5 Å². The van der Waals surface area contributed by atoms with Crippen LogP contribution in [0.25, 0.3) is 0 Å². The first-order valence-corrected chi connectivity index (χ1v) is 13.3. The highest BCUT2D eigenvalue weighted by molar-refractivity contribution is 7.95. The molecule has 0 fully saturated rings. The molecule has 0 heterocycles. The van der Waals surface area contributed by atoms with Crippen molar-refractivity contribution in [2.45, 2.75) is 38.5 Å². The molecule has 0 aliphatic rings. The summed E-state index contributed by atoms with van der Waals surface area (Å²) in [5.41, 5.74) is 9.11. The van der Waals surface area contributed by atoms with Gasteiger partial charge in [-0.05, 0) is 85.0 Å². The van der Waals surface area contributed by atoms with Gasteiger partial charge in [-0.25, -0.2) is 13.7 Å². The van der Waals surface area contributed by atoms with Crippen molar-refractivity contribution in [1.82, 2.24) is 5.32 Å². The van der Waals surface area contributed by atoms with Crippen LogP contribution in [0.15, 0.2) is 60.7 Å². The number of aliphatic hydroxyl groups excluding tert-OH is 1. The molecule has 4 N–H and O–H groups in total. The van der Waals surface area contributed by atoms with Crippen molar-refractivity contribution >= 4 is 23.8 Å². The summed E-state index contributed by atoms with van der Waals surface area (Å²) in [5.74, 6) is -1.06. The van der Waals surface area contributed by atoms with Crippen LogP contribution in [0.1, 0.15) is 45.6 Å². The third-order valence-corrected chi connectivity index (χ3v) is 6.79. The molecule has 11 heteroatoms. The van der Waals surface area contributed by atoms with Crippen molar-refractivity contribution in [1.29, 1.82) is 0 Å². The second kappa shape index (κ2) is 14.5. The van der Waals surface area contributed by atoms with Gasteiger partial charge in [0.2, 0.25) is 0 Å². The molecule has 8 nitrogen and oxygen atoms in total. The number of aliphatic hydroxyl groups is 1. The zero-order valence-corrected chi connectivity index (χ0v) is 23.8. The van der Waals surface area contributed by atoms with Gasteiger partial charge in [0.1, 0.15) is 11.6 Å². The number of nitrogens with two attached hydrogens (primary N) is 1. The monoisotopic (exact) mass is 575 g/mol.